The van der Waals surface area contributed by atoms with Gasteiger partial charge >= 0.3 is 0 Å². The summed E-state index contributed by atoms with van der Waals surface area (Å²) >= 11 is 1.72. The molecule has 2 heterocycles. The summed E-state index contributed by atoms with van der Waals surface area (Å²) in [6, 6.07) is 6.45. The number of hydrogen-bond acceptors (Lipinski definition) is 5. The summed E-state index contributed by atoms with van der Waals surface area (Å²) in [5.74, 6) is -0.391. The molecule has 0 radical (unpaired) electrons. The van der Waals surface area contributed by atoms with Crippen LogP contribution >= 0.6 is 11.3 Å². The molecule has 3 rings (SSSR count). The molecule has 1 aliphatic rings. The van der Waals surface area contributed by atoms with E-state index < -0.39 is 15.9 Å². The van der Waals surface area contributed by atoms with Crippen molar-refractivity contribution in [2.45, 2.75) is 31.2 Å². The van der Waals surface area contributed by atoms with Gasteiger partial charge in [-0.3, -0.25) is 9.59 Å². The number of nitrogens with one attached hydrogen (secondary N) is 2. The summed E-state index contributed by atoms with van der Waals surface area (Å²) in [7, 11) is -2.31. The minimum atomic E-state index is -3.63. The molecular weight excluding hydrogens is 398 g/mol. The average molecular weight is 422 g/mol. The van der Waals surface area contributed by atoms with E-state index >= 15 is 0 Å². The van der Waals surface area contributed by atoms with Gasteiger partial charge in [-0.05, 0) is 55.1 Å². The first-order valence-electron chi connectivity index (χ1n) is 8.97. The number of benzene rings is 1. The Morgan fingerprint density at radius 2 is 2.04 bits per heavy atom. The number of amides is 2. The van der Waals surface area contributed by atoms with Gasteiger partial charge in [-0.1, -0.05) is 6.07 Å². The standard InChI is InChI=1S/C19H23N3O4S2/c1-13-3-4-15(28(25,26)20-2)11-16(13)19(24)21-8-5-18(23)22-9-6-17-14(12-22)7-10-27-17/h3-4,7,10-11,20H,5-6,8-9,12H2,1-2H3,(H,21,24). The number of sulfonamides is 1. The van der Waals surface area contributed by atoms with Crippen molar-refractivity contribution in [3.8, 4) is 0 Å². The third kappa shape index (κ3) is 4.43. The molecule has 0 fully saturated rings. The molecular formula is C19H23N3O4S2. The first-order chi connectivity index (χ1) is 13.3. The number of aryl methyl sites for hydroxylation is 1. The normalized spacial score (nSPS) is 13.9. The van der Waals surface area contributed by atoms with E-state index in [0.717, 1.165) is 6.42 Å². The molecule has 0 saturated carbocycles. The van der Waals surface area contributed by atoms with Crippen LogP contribution in [-0.2, 0) is 27.8 Å². The lowest BCUT2D eigenvalue weighted by Gasteiger charge is -2.27. The van der Waals surface area contributed by atoms with Gasteiger partial charge in [-0.25, -0.2) is 13.1 Å². The minimum Gasteiger partial charge on any atom is -0.352 e. The number of thiophene rings is 1. The summed E-state index contributed by atoms with van der Waals surface area (Å²) in [5.41, 5.74) is 2.15. The van der Waals surface area contributed by atoms with Gasteiger partial charge in [0.15, 0.2) is 0 Å². The van der Waals surface area contributed by atoms with E-state index in [9.17, 15) is 18.0 Å². The number of hydrogen-bond donors (Lipinski definition) is 2. The maximum Gasteiger partial charge on any atom is 0.251 e. The maximum absolute atomic E-state index is 12.5. The van der Waals surface area contributed by atoms with Crippen LogP contribution in [0.1, 0.15) is 32.8 Å². The zero-order valence-corrected chi connectivity index (χ0v) is 17.5. The van der Waals surface area contributed by atoms with E-state index in [4.69, 9.17) is 0 Å². The highest BCUT2D eigenvalue weighted by molar-refractivity contribution is 7.89. The Labute approximate surface area is 168 Å². The summed E-state index contributed by atoms with van der Waals surface area (Å²) in [6.45, 7) is 3.26. The van der Waals surface area contributed by atoms with Crippen molar-refractivity contribution >= 4 is 33.2 Å². The zero-order valence-electron chi connectivity index (χ0n) is 15.8. The van der Waals surface area contributed by atoms with Gasteiger partial charge in [0.1, 0.15) is 0 Å². The third-order valence-corrected chi connectivity index (χ3v) is 7.25. The Kier molecular flexibility index (Phi) is 6.17. The molecule has 1 aromatic carbocycles. The van der Waals surface area contributed by atoms with Crippen molar-refractivity contribution in [1.82, 2.24) is 14.9 Å². The van der Waals surface area contributed by atoms with Crippen LogP contribution in [0.15, 0.2) is 34.5 Å². The first-order valence-corrected chi connectivity index (χ1v) is 11.3. The molecule has 0 spiro atoms. The number of nitrogens with zero attached hydrogens (tertiary/aromatic N) is 1. The molecule has 0 unspecified atom stereocenters. The molecule has 28 heavy (non-hydrogen) atoms. The Bertz CT molecular complexity index is 998. The second kappa shape index (κ2) is 8.42. The van der Waals surface area contributed by atoms with Gasteiger partial charge in [-0.2, -0.15) is 0 Å². The van der Waals surface area contributed by atoms with Crippen molar-refractivity contribution < 1.29 is 18.0 Å². The fourth-order valence-electron chi connectivity index (χ4n) is 3.13. The second-order valence-electron chi connectivity index (χ2n) is 6.62. The Morgan fingerprint density at radius 1 is 1.25 bits per heavy atom. The Balaban J connectivity index is 1.57. The largest absolute Gasteiger partial charge is 0.352 e. The van der Waals surface area contributed by atoms with Crippen LogP contribution in [0.2, 0.25) is 0 Å². The molecule has 1 aromatic heterocycles. The van der Waals surface area contributed by atoms with Gasteiger partial charge < -0.3 is 10.2 Å². The van der Waals surface area contributed by atoms with Crippen LogP contribution in [-0.4, -0.2) is 45.3 Å². The zero-order chi connectivity index (χ0) is 20.3. The van der Waals surface area contributed by atoms with E-state index in [2.05, 4.69) is 16.1 Å². The van der Waals surface area contributed by atoms with E-state index in [1.165, 1.54) is 29.6 Å². The molecule has 150 valence electrons. The molecule has 1 aliphatic heterocycles. The molecule has 0 saturated heterocycles. The van der Waals surface area contributed by atoms with Crippen molar-refractivity contribution in [1.29, 1.82) is 0 Å². The van der Waals surface area contributed by atoms with Crippen molar-refractivity contribution in [2.24, 2.45) is 0 Å². The highest BCUT2D eigenvalue weighted by Gasteiger charge is 2.21. The molecule has 2 aromatic rings. The number of fused-ring (bicyclic) bond motifs is 1. The molecule has 2 N–H and O–H groups in total. The monoisotopic (exact) mass is 421 g/mol. The van der Waals surface area contributed by atoms with Gasteiger partial charge in [-0.15, -0.1) is 11.3 Å². The smallest absolute Gasteiger partial charge is 0.251 e. The number of carbonyl (C=O) groups excluding carboxylic acids is 2. The van der Waals surface area contributed by atoms with Gasteiger partial charge in [0, 0.05) is 36.5 Å². The van der Waals surface area contributed by atoms with E-state index in [0.29, 0.717) is 18.7 Å². The first kappa shape index (κ1) is 20.5. The summed E-state index contributed by atoms with van der Waals surface area (Å²) in [6.07, 6.45) is 1.08. The van der Waals surface area contributed by atoms with Crippen LogP contribution in [0.25, 0.3) is 0 Å². The number of carbonyl (C=O) groups is 2. The van der Waals surface area contributed by atoms with Gasteiger partial charge in [0.25, 0.3) is 5.91 Å². The molecule has 0 aliphatic carbocycles. The molecule has 9 heteroatoms. The fourth-order valence-corrected chi connectivity index (χ4v) is 4.77. The van der Waals surface area contributed by atoms with Crippen LogP contribution < -0.4 is 10.0 Å². The van der Waals surface area contributed by atoms with E-state index in [1.54, 1.807) is 24.3 Å². The lowest BCUT2D eigenvalue weighted by molar-refractivity contribution is -0.131. The van der Waals surface area contributed by atoms with Crippen LogP contribution in [0.5, 0.6) is 0 Å². The second-order valence-corrected chi connectivity index (χ2v) is 9.51. The highest BCUT2D eigenvalue weighted by Crippen LogP contribution is 2.24. The minimum absolute atomic E-state index is 0.000355. The van der Waals surface area contributed by atoms with E-state index in [-0.39, 0.29) is 29.3 Å². The molecule has 0 atom stereocenters. The Hall–Kier alpha value is -2.23. The molecule has 7 nitrogen and oxygen atoms in total. The summed E-state index contributed by atoms with van der Waals surface area (Å²) in [4.78, 5) is 28.1. The summed E-state index contributed by atoms with van der Waals surface area (Å²) in [5, 5.41) is 4.77. The molecule has 2 amide bonds. The van der Waals surface area contributed by atoms with Crippen molar-refractivity contribution in [3.05, 3.63) is 51.2 Å². The van der Waals surface area contributed by atoms with Crippen molar-refractivity contribution in [2.75, 3.05) is 20.1 Å². The number of rotatable bonds is 6. The predicted molar refractivity (Wildman–Crippen MR) is 108 cm³/mol. The van der Waals surface area contributed by atoms with Crippen molar-refractivity contribution in [3.63, 3.8) is 0 Å². The fraction of sp³-hybridized carbons (Fsp3) is 0.368. The molecule has 0 bridgehead atoms. The quantitative estimate of drug-likeness (QED) is 0.742. The SMILES string of the molecule is CNS(=O)(=O)c1ccc(C)c(C(=O)NCCC(=O)N2CCc3sccc3C2)c1. The lowest BCUT2D eigenvalue weighted by atomic mass is 10.1. The highest BCUT2D eigenvalue weighted by atomic mass is 32.2. The van der Waals surface area contributed by atoms with E-state index in [1.807, 2.05) is 10.3 Å². The maximum atomic E-state index is 12.5. The van der Waals surface area contributed by atoms with Crippen LogP contribution in [0.3, 0.4) is 0 Å². The van der Waals surface area contributed by atoms with Gasteiger partial charge in [0.2, 0.25) is 15.9 Å². The average Bonchev–Trinajstić information content (AvgIpc) is 3.15. The van der Waals surface area contributed by atoms with Gasteiger partial charge in [0.05, 0.1) is 4.90 Å². The topological polar surface area (TPSA) is 95.6 Å². The van der Waals surface area contributed by atoms with Crippen LogP contribution in [0, 0.1) is 6.92 Å². The lowest BCUT2D eigenvalue weighted by Crippen LogP contribution is -2.37. The predicted octanol–water partition coefficient (Wildman–Crippen LogP) is 1.67. The third-order valence-electron chi connectivity index (χ3n) is 4.82. The summed E-state index contributed by atoms with van der Waals surface area (Å²) < 4.78 is 26.1. The van der Waals surface area contributed by atoms with Crippen LogP contribution in [0.4, 0.5) is 0 Å². The Morgan fingerprint density at radius 3 is 2.79 bits per heavy atom.